The minimum atomic E-state index is -4.28. The van der Waals surface area contributed by atoms with Crippen LogP contribution < -0.4 is 11.1 Å². The molecule has 0 saturated heterocycles. The Bertz CT molecular complexity index is 656. The van der Waals surface area contributed by atoms with E-state index in [2.05, 4.69) is 15.4 Å². The largest absolute Gasteiger partial charge is 0.390 e. The van der Waals surface area contributed by atoms with Crippen LogP contribution in [0.25, 0.3) is 5.82 Å². The van der Waals surface area contributed by atoms with E-state index in [1.165, 1.54) is 10.9 Å². The summed E-state index contributed by atoms with van der Waals surface area (Å²) in [7, 11) is 0. The molecule has 2 aromatic heterocycles. The highest BCUT2D eigenvalue weighted by molar-refractivity contribution is 5.65. The number of hydrogen-bond acceptors (Lipinski definition) is 5. The van der Waals surface area contributed by atoms with Crippen molar-refractivity contribution in [3.05, 3.63) is 30.0 Å². The Morgan fingerprint density at radius 1 is 1.38 bits per heavy atom. The number of nitrogen functional groups attached to an aromatic ring is 1. The molecule has 0 atom stereocenters. The summed E-state index contributed by atoms with van der Waals surface area (Å²) in [6, 6.07) is 6.83. The smallest absolute Gasteiger partial charge is 0.382 e. The second kappa shape index (κ2) is 5.70. The number of aromatic nitrogens is 3. The van der Waals surface area contributed by atoms with Gasteiger partial charge in [0.2, 0.25) is 0 Å². The fourth-order valence-corrected chi connectivity index (χ4v) is 1.64. The van der Waals surface area contributed by atoms with Crippen LogP contribution in [0.4, 0.5) is 24.8 Å². The number of anilines is 2. The number of rotatable bonds is 4. The van der Waals surface area contributed by atoms with Crippen LogP contribution in [0.3, 0.4) is 0 Å². The molecule has 2 heterocycles. The molecule has 110 valence electrons. The fourth-order valence-electron chi connectivity index (χ4n) is 1.64. The summed E-state index contributed by atoms with van der Waals surface area (Å²) in [5.74, 6) is 0.394. The van der Waals surface area contributed by atoms with Crippen LogP contribution in [0, 0.1) is 11.3 Å². The van der Waals surface area contributed by atoms with Crippen LogP contribution in [0.1, 0.15) is 12.0 Å². The number of halogens is 3. The Morgan fingerprint density at radius 3 is 2.71 bits per heavy atom. The number of pyridine rings is 1. The zero-order valence-electron chi connectivity index (χ0n) is 10.7. The monoisotopic (exact) mass is 296 g/mol. The van der Waals surface area contributed by atoms with Crippen molar-refractivity contribution in [2.45, 2.75) is 12.6 Å². The molecule has 2 rings (SSSR count). The molecule has 3 N–H and O–H groups in total. The van der Waals surface area contributed by atoms with Gasteiger partial charge in [-0.2, -0.15) is 23.1 Å². The van der Waals surface area contributed by atoms with Gasteiger partial charge in [0.25, 0.3) is 0 Å². The fraction of sp³-hybridized carbons (Fsp3) is 0.250. The van der Waals surface area contributed by atoms with Crippen molar-refractivity contribution in [3.8, 4) is 11.9 Å². The maximum atomic E-state index is 12.1. The first-order valence-electron chi connectivity index (χ1n) is 5.93. The van der Waals surface area contributed by atoms with Crippen molar-refractivity contribution in [1.29, 1.82) is 5.26 Å². The number of nitrogens with one attached hydrogen (secondary N) is 1. The standard InChI is InChI=1S/C12H11F3N6/c13-12(14,15)4-6-19-11-8(7-16)10(17)21(20-11)9-3-1-2-5-18-9/h1-3,5H,4,6,17H2,(H,19,20). The second-order valence-electron chi connectivity index (χ2n) is 4.11. The van der Waals surface area contributed by atoms with Crippen LogP contribution in [-0.4, -0.2) is 27.5 Å². The minimum absolute atomic E-state index is 0.00454. The number of nitrogens with two attached hydrogens (primary N) is 1. The molecule has 0 unspecified atom stereocenters. The molecule has 0 aliphatic carbocycles. The molecule has 0 aromatic carbocycles. The number of nitrogens with zero attached hydrogens (tertiary/aromatic N) is 4. The van der Waals surface area contributed by atoms with Gasteiger partial charge in [-0.25, -0.2) is 4.98 Å². The average Bonchev–Trinajstić information content (AvgIpc) is 2.74. The average molecular weight is 296 g/mol. The molecule has 6 nitrogen and oxygen atoms in total. The molecule has 0 amide bonds. The lowest BCUT2D eigenvalue weighted by atomic mass is 10.3. The van der Waals surface area contributed by atoms with Crippen LogP contribution in [-0.2, 0) is 0 Å². The molecule has 0 bridgehead atoms. The quantitative estimate of drug-likeness (QED) is 0.901. The third kappa shape index (κ3) is 3.42. The molecule has 0 spiro atoms. The van der Waals surface area contributed by atoms with E-state index in [1.807, 2.05) is 6.07 Å². The third-order valence-electron chi connectivity index (χ3n) is 2.60. The molecule has 0 saturated carbocycles. The van der Waals surface area contributed by atoms with Gasteiger partial charge >= 0.3 is 6.18 Å². The van der Waals surface area contributed by atoms with Gasteiger partial charge in [-0.1, -0.05) is 6.07 Å². The topological polar surface area (TPSA) is 92.5 Å². The van der Waals surface area contributed by atoms with E-state index in [0.29, 0.717) is 5.82 Å². The SMILES string of the molecule is N#Cc1c(NCCC(F)(F)F)nn(-c2ccccn2)c1N. The Kier molecular flexibility index (Phi) is 3.98. The van der Waals surface area contributed by atoms with Gasteiger partial charge in [0.15, 0.2) is 11.6 Å². The molecule has 0 aliphatic rings. The zero-order chi connectivity index (χ0) is 15.5. The van der Waals surface area contributed by atoms with Crippen LogP contribution >= 0.6 is 0 Å². The summed E-state index contributed by atoms with van der Waals surface area (Å²) in [5.41, 5.74) is 5.77. The minimum Gasteiger partial charge on any atom is -0.382 e. The van der Waals surface area contributed by atoms with Gasteiger partial charge in [-0.15, -0.1) is 5.10 Å². The van der Waals surface area contributed by atoms with Crippen LogP contribution in [0.15, 0.2) is 24.4 Å². The highest BCUT2D eigenvalue weighted by Gasteiger charge is 2.27. The van der Waals surface area contributed by atoms with Crippen molar-refractivity contribution in [2.24, 2.45) is 0 Å². The first-order chi connectivity index (χ1) is 9.92. The highest BCUT2D eigenvalue weighted by Crippen LogP contribution is 2.24. The van der Waals surface area contributed by atoms with Crippen molar-refractivity contribution >= 4 is 11.6 Å². The summed E-state index contributed by atoms with van der Waals surface area (Å²) in [5, 5.41) is 15.5. The van der Waals surface area contributed by atoms with Gasteiger partial charge in [-0.05, 0) is 12.1 Å². The second-order valence-corrected chi connectivity index (χ2v) is 4.11. The van der Waals surface area contributed by atoms with Gasteiger partial charge in [0.05, 0.1) is 6.42 Å². The summed E-state index contributed by atoms with van der Waals surface area (Å²) in [6.45, 7) is -0.392. The van der Waals surface area contributed by atoms with E-state index in [-0.39, 0.29) is 17.2 Å². The molecule has 2 aromatic rings. The molecular weight excluding hydrogens is 285 g/mol. The van der Waals surface area contributed by atoms with Gasteiger partial charge in [0.1, 0.15) is 17.5 Å². The molecule has 0 radical (unpaired) electrons. The van der Waals surface area contributed by atoms with E-state index in [0.717, 1.165) is 0 Å². The van der Waals surface area contributed by atoms with Crippen molar-refractivity contribution in [3.63, 3.8) is 0 Å². The van der Waals surface area contributed by atoms with E-state index in [1.54, 1.807) is 18.2 Å². The lowest BCUT2D eigenvalue weighted by Crippen LogP contribution is -2.15. The summed E-state index contributed by atoms with van der Waals surface area (Å²) < 4.78 is 37.6. The van der Waals surface area contributed by atoms with Crippen LogP contribution in [0.5, 0.6) is 0 Å². The predicted molar refractivity (Wildman–Crippen MR) is 69.6 cm³/mol. The highest BCUT2D eigenvalue weighted by atomic mass is 19.4. The maximum absolute atomic E-state index is 12.1. The van der Waals surface area contributed by atoms with E-state index >= 15 is 0 Å². The summed E-state index contributed by atoms with van der Waals surface area (Å²) >= 11 is 0. The normalized spacial score (nSPS) is 11.1. The van der Waals surface area contributed by atoms with Gasteiger partial charge < -0.3 is 11.1 Å². The lowest BCUT2D eigenvalue weighted by molar-refractivity contribution is -0.131. The molecule has 0 fully saturated rings. The Morgan fingerprint density at radius 2 is 2.14 bits per heavy atom. The predicted octanol–water partition coefficient (Wildman–Crippen LogP) is 2.09. The Labute approximate surface area is 118 Å². The maximum Gasteiger partial charge on any atom is 0.390 e. The van der Waals surface area contributed by atoms with Crippen LogP contribution in [0.2, 0.25) is 0 Å². The van der Waals surface area contributed by atoms with Gasteiger partial charge in [-0.3, -0.25) is 0 Å². The van der Waals surface area contributed by atoms with E-state index < -0.39 is 19.1 Å². The molecule has 0 aliphatic heterocycles. The van der Waals surface area contributed by atoms with E-state index in [9.17, 15) is 13.2 Å². The Hall–Kier alpha value is -2.76. The van der Waals surface area contributed by atoms with Crippen molar-refractivity contribution < 1.29 is 13.2 Å². The zero-order valence-corrected chi connectivity index (χ0v) is 10.7. The van der Waals surface area contributed by atoms with Gasteiger partial charge in [0, 0.05) is 12.7 Å². The first kappa shape index (κ1) is 14.6. The molecular formula is C12H11F3N6. The van der Waals surface area contributed by atoms with Crippen molar-refractivity contribution in [1.82, 2.24) is 14.8 Å². The third-order valence-corrected chi connectivity index (χ3v) is 2.60. The first-order valence-corrected chi connectivity index (χ1v) is 5.93. The molecule has 9 heteroatoms. The Balaban J connectivity index is 2.25. The lowest BCUT2D eigenvalue weighted by Gasteiger charge is -2.06. The number of nitriles is 1. The summed E-state index contributed by atoms with van der Waals surface area (Å²) in [6.07, 6.45) is -3.80. The number of hydrogen-bond donors (Lipinski definition) is 2. The summed E-state index contributed by atoms with van der Waals surface area (Å²) in [4.78, 5) is 4.02. The molecule has 21 heavy (non-hydrogen) atoms. The number of alkyl halides is 3. The van der Waals surface area contributed by atoms with E-state index in [4.69, 9.17) is 11.0 Å². The van der Waals surface area contributed by atoms with Crippen molar-refractivity contribution in [2.75, 3.05) is 17.6 Å².